The van der Waals surface area contributed by atoms with Crippen LogP contribution in [0.5, 0.6) is 0 Å². The maximum absolute atomic E-state index is 15.3. The first-order chi connectivity index (χ1) is 31.1. The van der Waals surface area contributed by atoms with Crippen molar-refractivity contribution in [3.8, 4) is 0 Å². The molecule has 4 aromatic rings. The van der Waals surface area contributed by atoms with E-state index in [4.69, 9.17) is 0 Å². The molecule has 344 valence electrons. The number of hydrogen-bond acceptors (Lipinski definition) is 11. The van der Waals surface area contributed by atoms with Gasteiger partial charge in [-0.1, -0.05) is 117 Å². The number of rotatable bonds is 18. The van der Waals surface area contributed by atoms with Gasteiger partial charge in [-0.25, -0.2) is 8.42 Å². The number of benzene rings is 4. The van der Waals surface area contributed by atoms with Crippen LogP contribution < -0.4 is 19.4 Å². The summed E-state index contributed by atoms with van der Waals surface area (Å²) in [6, 6.07) is 34.7. The van der Waals surface area contributed by atoms with Crippen molar-refractivity contribution in [1.29, 1.82) is 0 Å². The van der Waals surface area contributed by atoms with Crippen molar-refractivity contribution in [2.45, 2.75) is 77.0 Å². The average molecular weight is 938 g/mol. The van der Waals surface area contributed by atoms with Gasteiger partial charge in [0.2, 0.25) is 5.71 Å². The smallest absolute Gasteiger partial charge is 0.472 e. The zero-order valence-electron chi connectivity index (χ0n) is 37.6. The molecule has 0 N–H and O–H groups in total. The molecule has 2 heterocycles. The Morgan fingerprint density at radius 1 is 0.662 bits per heavy atom. The molecular weight excluding hydrogens is 881 g/mol. The SMILES string of the molecule is C\[N+](=C1C(=C/C=C2/N(CCCCSOO[O-])c3ccccc3C2(C)C)CCC/1=C\C=C1\N(CCCCS(=O)(=O)[O-])c2ccccc2C1(C)C)S(=O)(=O)N(c1ccccc1)c1ccccc1. The number of nitrogens with zero attached hydrogens (tertiary/aromatic N) is 4. The van der Waals surface area contributed by atoms with Crippen LogP contribution in [-0.4, -0.2) is 62.7 Å². The van der Waals surface area contributed by atoms with Gasteiger partial charge < -0.3 is 19.6 Å². The van der Waals surface area contributed by atoms with Gasteiger partial charge in [0, 0.05) is 81.4 Å². The molecule has 0 atom stereocenters. The number of hydrogen-bond donors (Lipinski definition) is 0. The Labute approximate surface area is 388 Å². The Balaban J connectivity index is 1.35. The van der Waals surface area contributed by atoms with Crippen molar-refractivity contribution in [2.24, 2.45) is 0 Å². The van der Waals surface area contributed by atoms with E-state index in [0.29, 0.717) is 48.6 Å². The minimum absolute atomic E-state index is 0.244. The molecule has 0 radical (unpaired) electrons. The number of fused-ring (bicyclic) bond motifs is 2. The van der Waals surface area contributed by atoms with Crippen LogP contribution in [0.4, 0.5) is 22.7 Å². The molecule has 15 heteroatoms. The van der Waals surface area contributed by atoms with Gasteiger partial charge in [0.05, 0.1) is 21.5 Å². The van der Waals surface area contributed by atoms with Gasteiger partial charge in [0.25, 0.3) is 0 Å². The van der Waals surface area contributed by atoms with Crippen molar-refractivity contribution in [3.05, 3.63) is 167 Å². The van der Waals surface area contributed by atoms with E-state index in [1.807, 2.05) is 60.7 Å². The fourth-order valence-electron chi connectivity index (χ4n) is 9.38. The van der Waals surface area contributed by atoms with Crippen LogP contribution in [0.15, 0.2) is 156 Å². The summed E-state index contributed by atoms with van der Waals surface area (Å²) < 4.78 is 72.3. The normalized spacial score (nSPS) is 20.0. The van der Waals surface area contributed by atoms with E-state index in [0.717, 1.165) is 70.9 Å². The van der Waals surface area contributed by atoms with Crippen molar-refractivity contribution < 1.29 is 40.0 Å². The van der Waals surface area contributed by atoms with E-state index in [2.05, 4.69) is 95.4 Å². The van der Waals surface area contributed by atoms with E-state index in [9.17, 15) is 18.2 Å². The highest BCUT2D eigenvalue weighted by atomic mass is 32.2. The molecule has 0 spiro atoms. The summed E-state index contributed by atoms with van der Waals surface area (Å²) in [5.41, 5.74) is 9.07. The Hall–Kier alpha value is -5.00. The molecule has 12 nitrogen and oxygen atoms in total. The Morgan fingerprint density at radius 2 is 1.11 bits per heavy atom. The third kappa shape index (κ3) is 10.4. The van der Waals surface area contributed by atoms with Crippen LogP contribution in [0, 0.1) is 0 Å². The van der Waals surface area contributed by atoms with Crippen LogP contribution in [0.3, 0.4) is 0 Å². The maximum Gasteiger partial charge on any atom is 0.472 e. The van der Waals surface area contributed by atoms with Crippen LogP contribution in [-0.2, 0) is 40.5 Å². The topological polar surface area (TPSA) is 146 Å². The van der Waals surface area contributed by atoms with E-state index in [-0.39, 0.29) is 11.8 Å². The van der Waals surface area contributed by atoms with Gasteiger partial charge in [-0.3, -0.25) is 5.04 Å². The molecule has 0 unspecified atom stereocenters. The van der Waals surface area contributed by atoms with Crippen LogP contribution >= 0.6 is 12.0 Å². The number of unbranched alkanes of at least 4 members (excludes halogenated alkanes) is 2. The quantitative estimate of drug-likeness (QED) is 0.0235. The zero-order valence-corrected chi connectivity index (χ0v) is 40.0. The monoisotopic (exact) mass is 937 g/mol. The summed E-state index contributed by atoms with van der Waals surface area (Å²) in [4.78, 5) is 4.54. The number of para-hydroxylation sites is 4. The van der Waals surface area contributed by atoms with Crippen LogP contribution in [0.2, 0.25) is 0 Å². The van der Waals surface area contributed by atoms with Gasteiger partial charge in [0.1, 0.15) is 0 Å². The predicted molar refractivity (Wildman–Crippen MR) is 258 cm³/mol. The molecule has 65 heavy (non-hydrogen) atoms. The second kappa shape index (κ2) is 20.3. The highest BCUT2D eigenvalue weighted by Gasteiger charge is 2.43. The molecule has 2 aliphatic heterocycles. The summed E-state index contributed by atoms with van der Waals surface area (Å²) >= 11 is 0.987. The summed E-state index contributed by atoms with van der Waals surface area (Å²) in [7, 11) is -6.97. The van der Waals surface area contributed by atoms with E-state index < -0.39 is 31.5 Å². The second-order valence-electron chi connectivity index (χ2n) is 17.5. The Morgan fingerprint density at radius 3 is 1.57 bits per heavy atom. The summed E-state index contributed by atoms with van der Waals surface area (Å²) in [6.45, 7) is 9.97. The lowest BCUT2D eigenvalue weighted by molar-refractivity contribution is -0.777. The van der Waals surface area contributed by atoms with E-state index in [1.54, 1.807) is 31.3 Å². The third-order valence-electron chi connectivity index (χ3n) is 12.6. The summed E-state index contributed by atoms with van der Waals surface area (Å²) in [6.07, 6.45) is 11.9. The lowest BCUT2D eigenvalue weighted by Crippen LogP contribution is -2.37. The zero-order chi connectivity index (χ0) is 46.4. The molecule has 1 fully saturated rings. The number of allylic oxidation sites excluding steroid dienone is 8. The van der Waals surface area contributed by atoms with Gasteiger partial charge in [0.15, 0.2) is 7.05 Å². The first-order valence-electron chi connectivity index (χ1n) is 21.9. The van der Waals surface area contributed by atoms with Gasteiger partial charge in [-0.2, -0.15) is 8.64 Å². The maximum atomic E-state index is 15.3. The van der Waals surface area contributed by atoms with Gasteiger partial charge >= 0.3 is 10.2 Å². The molecule has 3 aliphatic rings. The lowest BCUT2D eigenvalue weighted by Gasteiger charge is -2.27. The molecule has 1 aliphatic carbocycles. The molecular formula is C50H57N4O8S3-. The summed E-state index contributed by atoms with van der Waals surface area (Å²) in [5, 5.41) is 13.8. The summed E-state index contributed by atoms with van der Waals surface area (Å²) in [5.74, 6) is 0.182. The molecule has 0 bridgehead atoms. The highest BCUT2D eigenvalue weighted by molar-refractivity contribution is 7.94. The van der Waals surface area contributed by atoms with Crippen molar-refractivity contribution in [1.82, 2.24) is 0 Å². The van der Waals surface area contributed by atoms with Crippen LogP contribution in [0.1, 0.15) is 77.3 Å². The molecule has 4 aromatic carbocycles. The molecule has 7 rings (SSSR count). The molecule has 1 saturated carbocycles. The predicted octanol–water partition coefficient (Wildman–Crippen LogP) is 9.14. The standard InChI is InChI=1S/C50H58N4O8S3/c1-49(2)42-24-12-14-26-44(42)52(34-16-18-36-63-62-61-55)46(49)32-30-38-28-29-39(48(38)51(5)65(59,60)54(40-20-8-6-9-21-40)41-22-10-7-11-23-41)31-33-47-50(3,4)43-25-13-15-27-45(43)53(47)35-17-19-37-64(56,57)58/h6-15,20-27,30-33H,16-19,28-29,34-37H2,1-5H3,(H-,55,56,57,58)/p-1. The van der Waals surface area contributed by atoms with Crippen molar-refractivity contribution >= 4 is 60.8 Å². The molecule has 0 aromatic heterocycles. The minimum Gasteiger partial charge on any atom is -0.748 e. The molecule has 0 amide bonds. The second-order valence-corrected chi connectivity index (χ2v) is 21.6. The number of anilines is 4. The lowest BCUT2D eigenvalue weighted by atomic mass is 9.83. The molecule has 0 saturated heterocycles. The Bertz CT molecular complexity index is 2690. The van der Waals surface area contributed by atoms with Crippen LogP contribution in [0.25, 0.3) is 0 Å². The van der Waals surface area contributed by atoms with Gasteiger partial charge in [-0.05, 0) is 98.2 Å². The minimum atomic E-state index is -4.34. The van der Waals surface area contributed by atoms with Crippen molar-refractivity contribution in [3.63, 3.8) is 0 Å². The Kier molecular flexibility index (Phi) is 14.9. The van der Waals surface area contributed by atoms with E-state index >= 15 is 8.42 Å². The first kappa shape index (κ1) is 47.9. The first-order valence-corrected chi connectivity index (χ1v) is 25.8. The highest BCUT2D eigenvalue weighted by Crippen LogP contribution is 2.49. The largest absolute Gasteiger partial charge is 0.748 e. The van der Waals surface area contributed by atoms with Crippen molar-refractivity contribution in [2.75, 3.05) is 45.7 Å². The van der Waals surface area contributed by atoms with E-state index in [1.165, 1.54) is 13.8 Å². The fourth-order valence-corrected chi connectivity index (χ4v) is 11.9. The third-order valence-corrected chi connectivity index (χ3v) is 15.7. The average Bonchev–Trinajstić information content (AvgIpc) is 3.86. The fraction of sp³-hybridized carbons (Fsp3) is 0.340. The van der Waals surface area contributed by atoms with Gasteiger partial charge in [-0.15, -0.1) is 8.42 Å².